The number of ether oxygens (including phenoxy) is 1. The highest BCUT2D eigenvalue weighted by Gasteiger charge is 2.05. The fraction of sp³-hybridized carbons (Fsp3) is 0.500. The van der Waals surface area contributed by atoms with Gasteiger partial charge in [0.05, 0.1) is 6.33 Å². The minimum Gasteiger partial charge on any atom is -0.392 e. The van der Waals surface area contributed by atoms with Gasteiger partial charge in [-0.15, -0.1) is 0 Å². The Bertz CT molecular complexity index is 364. The van der Waals surface area contributed by atoms with Crippen LogP contribution in [0.25, 0.3) is 0 Å². The quantitative estimate of drug-likeness (QED) is 0.590. The van der Waals surface area contributed by atoms with Gasteiger partial charge in [0.25, 0.3) is 5.56 Å². The van der Waals surface area contributed by atoms with Crippen LogP contribution in [-0.2, 0) is 11.3 Å². The third-order valence-electron chi connectivity index (χ3n) is 1.77. The second-order valence-corrected chi connectivity index (χ2v) is 3.15. The summed E-state index contributed by atoms with van der Waals surface area (Å²) in [5.74, 6) is 0. The maximum Gasteiger partial charge on any atom is 0.278 e. The topological polar surface area (TPSA) is 70.1 Å². The number of nitrogens with two attached hydrogens (primary N) is 1. The average molecular weight is 218 g/mol. The number of aromatic nitrogens is 2. The van der Waals surface area contributed by atoms with Gasteiger partial charge in [-0.3, -0.25) is 9.36 Å². The molecule has 0 saturated heterocycles. The number of aryl methyl sites for hydroxylation is 1. The predicted octanol–water partition coefficient (Wildman–Crippen LogP) is 0.515. The van der Waals surface area contributed by atoms with Crippen molar-refractivity contribution in [2.24, 2.45) is 0 Å². The first-order valence-corrected chi connectivity index (χ1v) is 4.54. The molecule has 14 heavy (non-hydrogen) atoms. The van der Waals surface area contributed by atoms with Crippen molar-refractivity contribution in [1.29, 1.82) is 0 Å². The lowest BCUT2D eigenvalue weighted by atomic mass is 10.4. The highest BCUT2D eigenvalue weighted by Crippen LogP contribution is 2.07. The van der Waals surface area contributed by atoms with Crippen molar-refractivity contribution in [2.45, 2.75) is 13.0 Å². The van der Waals surface area contributed by atoms with Gasteiger partial charge in [-0.25, -0.2) is 4.98 Å². The number of anilines is 1. The molecule has 0 unspecified atom stereocenters. The fourth-order valence-electron chi connectivity index (χ4n) is 1.02. The Kier molecular flexibility index (Phi) is 3.91. The Hall–Kier alpha value is -1.07. The number of nitrogen functional groups attached to an aromatic ring is 1. The van der Waals surface area contributed by atoms with Crippen LogP contribution in [0.15, 0.2) is 11.1 Å². The Morgan fingerprint density at radius 1 is 1.71 bits per heavy atom. The summed E-state index contributed by atoms with van der Waals surface area (Å²) in [6.45, 7) is 1.12. The van der Waals surface area contributed by atoms with Crippen molar-refractivity contribution in [1.82, 2.24) is 9.55 Å². The summed E-state index contributed by atoms with van der Waals surface area (Å²) < 4.78 is 6.28. The van der Waals surface area contributed by atoms with Gasteiger partial charge in [0.1, 0.15) is 5.69 Å². The van der Waals surface area contributed by atoms with Crippen LogP contribution in [0, 0.1) is 0 Å². The first-order chi connectivity index (χ1) is 6.66. The van der Waals surface area contributed by atoms with Crippen molar-refractivity contribution in [2.75, 3.05) is 19.5 Å². The maximum atomic E-state index is 11.5. The van der Waals surface area contributed by atoms with Crippen LogP contribution in [0.5, 0.6) is 0 Å². The van der Waals surface area contributed by atoms with Gasteiger partial charge >= 0.3 is 0 Å². The number of methoxy groups -OCH3 is 1. The number of hydrogen-bond acceptors (Lipinski definition) is 4. The maximum absolute atomic E-state index is 11.5. The monoisotopic (exact) mass is 217 g/mol. The fourth-order valence-corrected chi connectivity index (χ4v) is 1.15. The molecule has 1 heterocycles. The van der Waals surface area contributed by atoms with Crippen LogP contribution < -0.4 is 11.3 Å². The van der Waals surface area contributed by atoms with Gasteiger partial charge in [-0.1, -0.05) is 11.6 Å². The SMILES string of the molecule is COCCCn1cnc(Cl)c(N)c1=O. The van der Waals surface area contributed by atoms with E-state index in [1.165, 1.54) is 10.9 Å². The van der Waals surface area contributed by atoms with Crippen LogP contribution in [0.2, 0.25) is 5.15 Å². The Labute approximate surface area is 86.5 Å². The van der Waals surface area contributed by atoms with Gasteiger partial charge in [-0.2, -0.15) is 0 Å². The molecular formula is C8H12ClN3O2. The van der Waals surface area contributed by atoms with E-state index in [2.05, 4.69) is 4.98 Å². The van der Waals surface area contributed by atoms with Crippen LogP contribution in [0.1, 0.15) is 6.42 Å². The summed E-state index contributed by atoms with van der Waals surface area (Å²) in [6.07, 6.45) is 2.12. The van der Waals surface area contributed by atoms with Crippen molar-refractivity contribution in [3.05, 3.63) is 21.8 Å². The van der Waals surface area contributed by atoms with Crippen molar-refractivity contribution < 1.29 is 4.74 Å². The predicted molar refractivity (Wildman–Crippen MR) is 54.4 cm³/mol. The van der Waals surface area contributed by atoms with E-state index in [4.69, 9.17) is 22.1 Å². The van der Waals surface area contributed by atoms with E-state index in [1.54, 1.807) is 7.11 Å². The number of hydrogen-bond donors (Lipinski definition) is 1. The molecule has 0 aromatic carbocycles. The van der Waals surface area contributed by atoms with E-state index in [0.29, 0.717) is 13.2 Å². The largest absolute Gasteiger partial charge is 0.392 e. The van der Waals surface area contributed by atoms with Gasteiger partial charge < -0.3 is 10.5 Å². The highest BCUT2D eigenvalue weighted by atomic mass is 35.5. The summed E-state index contributed by atoms with van der Waals surface area (Å²) in [7, 11) is 1.61. The Morgan fingerprint density at radius 3 is 3.07 bits per heavy atom. The average Bonchev–Trinajstić information content (AvgIpc) is 2.18. The highest BCUT2D eigenvalue weighted by molar-refractivity contribution is 6.31. The molecule has 0 spiro atoms. The Balaban J connectivity index is 2.79. The molecule has 0 aliphatic heterocycles. The van der Waals surface area contributed by atoms with Gasteiger partial charge in [-0.05, 0) is 6.42 Å². The Morgan fingerprint density at radius 2 is 2.43 bits per heavy atom. The lowest BCUT2D eigenvalue weighted by molar-refractivity contribution is 0.190. The first kappa shape index (κ1) is 11.0. The molecule has 78 valence electrons. The van der Waals surface area contributed by atoms with E-state index >= 15 is 0 Å². The second kappa shape index (κ2) is 4.97. The van der Waals surface area contributed by atoms with Crippen LogP contribution in [-0.4, -0.2) is 23.3 Å². The zero-order valence-electron chi connectivity index (χ0n) is 7.86. The number of rotatable bonds is 4. The summed E-state index contributed by atoms with van der Waals surface area (Å²) in [6, 6.07) is 0. The standard InChI is InChI=1S/C8H12ClN3O2/c1-14-4-2-3-12-5-11-7(9)6(10)8(12)13/h5H,2-4,10H2,1H3. The normalized spacial score (nSPS) is 10.4. The molecule has 1 aromatic heterocycles. The van der Waals surface area contributed by atoms with Gasteiger partial charge in [0.2, 0.25) is 0 Å². The van der Waals surface area contributed by atoms with E-state index in [1.807, 2.05) is 0 Å². The number of halogens is 1. The molecule has 0 radical (unpaired) electrons. The van der Waals surface area contributed by atoms with E-state index in [-0.39, 0.29) is 16.4 Å². The van der Waals surface area contributed by atoms with Crippen LogP contribution in [0.3, 0.4) is 0 Å². The molecule has 0 atom stereocenters. The smallest absolute Gasteiger partial charge is 0.278 e. The summed E-state index contributed by atoms with van der Waals surface area (Å²) in [5.41, 5.74) is 5.12. The second-order valence-electron chi connectivity index (χ2n) is 2.79. The number of nitrogens with zero attached hydrogens (tertiary/aromatic N) is 2. The molecule has 1 aromatic rings. The van der Waals surface area contributed by atoms with E-state index in [9.17, 15) is 4.79 Å². The molecule has 5 nitrogen and oxygen atoms in total. The summed E-state index contributed by atoms with van der Waals surface area (Å²) >= 11 is 5.57. The van der Waals surface area contributed by atoms with Gasteiger partial charge in [0, 0.05) is 20.3 Å². The zero-order valence-corrected chi connectivity index (χ0v) is 8.62. The lowest BCUT2D eigenvalue weighted by Crippen LogP contribution is -2.24. The molecule has 6 heteroatoms. The van der Waals surface area contributed by atoms with Crippen molar-refractivity contribution in [3.63, 3.8) is 0 Å². The molecule has 0 aliphatic rings. The minimum absolute atomic E-state index is 0.00779. The molecule has 0 amide bonds. The van der Waals surface area contributed by atoms with E-state index < -0.39 is 0 Å². The third kappa shape index (κ3) is 2.46. The first-order valence-electron chi connectivity index (χ1n) is 4.16. The molecule has 0 fully saturated rings. The summed E-state index contributed by atoms with van der Waals surface area (Å²) in [4.78, 5) is 15.2. The molecule has 0 saturated carbocycles. The molecule has 1 rings (SSSR count). The zero-order chi connectivity index (χ0) is 10.6. The molecular weight excluding hydrogens is 206 g/mol. The molecule has 0 aliphatic carbocycles. The van der Waals surface area contributed by atoms with Crippen LogP contribution in [0.4, 0.5) is 5.69 Å². The van der Waals surface area contributed by atoms with Crippen molar-refractivity contribution >= 4 is 17.3 Å². The van der Waals surface area contributed by atoms with Gasteiger partial charge in [0.15, 0.2) is 5.15 Å². The molecule has 0 bridgehead atoms. The summed E-state index contributed by atoms with van der Waals surface area (Å²) in [5, 5.41) is 0.0537. The molecule has 2 N–H and O–H groups in total. The van der Waals surface area contributed by atoms with Crippen LogP contribution >= 0.6 is 11.6 Å². The lowest BCUT2D eigenvalue weighted by Gasteiger charge is -2.05. The minimum atomic E-state index is -0.305. The third-order valence-corrected chi connectivity index (χ3v) is 2.07. The van der Waals surface area contributed by atoms with E-state index in [0.717, 1.165) is 6.42 Å². The van der Waals surface area contributed by atoms with Crippen molar-refractivity contribution in [3.8, 4) is 0 Å².